The third-order valence-corrected chi connectivity index (χ3v) is 4.70. The van der Waals surface area contributed by atoms with E-state index in [1.165, 1.54) is 9.58 Å². The van der Waals surface area contributed by atoms with Gasteiger partial charge < -0.3 is 10.0 Å². The molecule has 1 saturated carbocycles. The Bertz CT molecular complexity index is 797. The van der Waals surface area contributed by atoms with Gasteiger partial charge in [0.05, 0.1) is 5.69 Å². The molecule has 24 heavy (non-hydrogen) atoms. The van der Waals surface area contributed by atoms with E-state index in [0.717, 1.165) is 29.7 Å². The Morgan fingerprint density at radius 2 is 1.96 bits per heavy atom. The molecule has 2 aliphatic rings. The zero-order valence-electron chi connectivity index (χ0n) is 13.1. The maximum atomic E-state index is 12.7. The molecule has 0 spiro atoms. The van der Waals surface area contributed by atoms with Crippen LogP contribution in [0.4, 0.5) is 0 Å². The topological polar surface area (TPSA) is 88.3 Å². The molecule has 1 atom stereocenters. The summed E-state index contributed by atoms with van der Waals surface area (Å²) in [6.45, 7) is 0.335. The molecule has 2 aromatic rings. The summed E-state index contributed by atoms with van der Waals surface area (Å²) in [5, 5.41) is 17.6. The van der Waals surface area contributed by atoms with E-state index in [1.54, 1.807) is 6.20 Å². The highest BCUT2D eigenvalue weighted by Crippen LogP contribution is 2.38. The Hall–Kier alpha value is -2.70. The average molecular weight is 326 g/mol. The Balaban J connectivity index is 1.53. The number of carbonyl (C=O) groups excluding carboxylic acids is 1. The number of carbonyl (C=O) groups is 2. The Kier molecular flexibility index (Phi) is 3.55. The molecule has 4 rings (SSSR count). The second kappa shape index (κ2) is 5.74. The molecule has 7 heteroatoms. The summed E-state index contributed by atoms with van der Waals surface area (Å²) in [6.07, 6.45) is 4.37. The van der Waals surface area contributed by atoms with Gasteiger partial charge in [-0.2, -0.15) is 0 Å². The van der Waals surface area contributed by atoms with Gasteiger partial charge in [0.25, 0.3) is 0 Å². The molecule has 1 N–H and O–H groups in total. The average Bonchev–Trinajstić information content (AvgIpc) is 3.33. The highest BCUT2D eigenvalue weighted by Gasteiger charge is 2.34. The predicted molar refractivity (Wildman–Crippen MR) is 84.1 cm³/mol. The molecule has 1 aromatic carbocycles. The lowest BCUT2D eigenvalue weighted by Crippen LogP contribution is -2.49. The summed E-state index contributed by atoms with van der Waals surface area (Å²) in [6, 6.07) is 6.83. The monoisotopic (exact) mass is 326 g/mol. The third-order valence-electron chi connectivity index (χ3n) is 4.70. The fraction of sp³-hybridized carbons (Fsp3) is 0.412. The standard InChI is InChI=1S/C17H18N4O3/c22-16(10-20-9-14(18-19-20)11-5-6-11)21-8-13-4-2-1-3-12(13)7-15(21)17(23)24/h1-4,9,11,15H,5-8,10H2,(H,23,24). The molecule has 1 amide bonds. The highest BCUT2D eigenvalue weighted by molar-refractivity contribution is 5.84. The SMILES string of the molecule is O=C(O)C1Cc2ccccc2CN1C(=O)Cn1cc(C2CC2)nn1. The molecular formula is C17H18N4O3. The van der Waals surface area contributed by atoms with Crippen LogP contribution in [0.2, 0.25) is 0 Å². The molecule has 7 nitrogen and oxygen atoms in total. The molecule has 0 radical (unpaired) electrons. The number of nitrogens with zero attached hydrogens (tertiary/aromatic N) is 4. The molecule has 2 heterocycles. The molecule has 1 aliphatic carbocycles. The smallest absolute Gasteiger partial charge is 0.326 e. The lowest BCUT2D eigenvalue weighted by molar-refractivity contribution is -0.151. The van der Waals surface area contributed by atoms with Gasteiger partial charge in [-0.15, -0.1) is 5.10 Å². The van der Waals surface area contributed by atoms with Gasteiger partial charge in [-0.1, -0.05) is 29.5 Å². The lowest BCUT2D eigenvalue weighted by Gasteiger charge is -2.34. The minimum Gasteiger partial charge on any atom is -0.480 e. The summed E-state index contributed by atoms with van der Waals surface area (Å²) in [7, 11) is 0. The molecule has 1 unspecified atom stereocenters. The minimum absolute atomic E-state index is 0.0195. The van der Waals surface area contributed by atoms with Crippen LogP contribution in [0, 0.1) is 0 Å². The van der Waals surface area contributed by atoms with E-state index in [9.17, 15) is 14.7 Å². The van der Waals surface area contributed by atoms with Gasteiger partial charge in [0.1, 0.15) is 12.6 Å². The molecule has 1 aromatic heterocycles. The fourth-order valence-electron chi connectivity index (χ4n) is 3.19. The van der Waals surface area contributed by atoms with Crippen molar-refractivity contribution in [3.8, 4) is 0 Å². The normalized spacial score (nSPS) is 19.8. The van der Waals surface area contributed by atoms with E-state index in [-0.39, 0.29) is 12.5 Å². The van der Waals surface area contributed by atoms with Gasteiger partial charge in [0.15, 0.2) is 0 Å². The quantitative estimate of drug-likeness (QED) is 0.912. The van der Waals surface area contributed by atoms with Gasteiger partial charge in [-0.25, -0.2) is 9.48 Å². The molecular weight excluding hydrogens is 308 g/mol. The largest absolute Gasteiger partial charge is 0.480 e. The number of benzene rings is 1. The Morgan fingerprint density at radius 3 is 2.67 bits per heavy atom. The summed E-state index contributed by atoms with van der Waals surface area (Å²) in [4.78, 5) is 25.7. The first kappa shape index (κ1) is 14.9. The first-order valence-corrected chi connectivity index (χ1v) is 8.11. The van der Waals surface area contributed by atoms with Crippen LogP contribution in [0.3, 0.4) is 0 Å². The molecule has 1 aliphatic heterocycles. The maximum absolute atomic E-state index is 12.7. The molecule has 1 fully saturated rings. The van der Waals surface area contributed by atoms with Gasteiger partial charge in [-0.05, 0) is 24.0 Å². The van der Waals surface area contributed by atoms with Crippen LogP contribution >= 0.6 is 0 Å². The van der Waals surface area contributed by atoms with Gasteiger partial charge >= 0.3 is 5.97 Å². The third kappa shape index (κ3) is 2.77. The number of rotatable bonds is 4. The van der Waals surface area contributed by atoms with Gasteiger partial charge in [0, 0.05) is 25.1 Å². The number of carboxylic acids is 1. The van der Waals surface area contributed by atoms with E-state index >= 15 is 0 Å². The van der Waals surface area contributed by atoms with Crippen molar-refractivity contribution in [3.63, 3.8) is 0 Å². The number of hydrogen-bond acceptors (Lipinski definition) is 4. The fourth-order valence-corrected chi connectivity index (χ4v) is 3.19. The van der Waals surface area contributed by atoms with E-state index in [4.69, 9.17) is 0 Å². The van der Waals surface area contributed by atoms with Crippen molar-refractivity contribution in [2.24, 2.45) is 0 Å². The zero-order chi connectivity index (χ0) is 16.7. The molecule has 124 valence electrons. The van der Waals surface area contributed by atoms with E-state index in [0.29, 0.717) is 18.9 Å². The van der Waals surface area contributed by atoms with Gasteiger partial charge in [0.2, 0.25) is 5.91 Å². The van der Waals surface area contributed by atoms with Crippen molar-refractivity contribution in [2.75, 3.05) is 0 Å². The van der Waals surface area contributed by atoms with Crippen LogP contribution in [0.1, 0.15) is 35.6 Å². The molecule has 0 saturated heterocycles. The summed E-state index contributed by atoms with van der Waals surface area (Å²) in [5.41, 5.74) is 2.91. The minimum atomic E-state index is -0.977. The number of hydrogen-bond donors (Lipinski definition) is 1. The van der Waals surface area contributed by atoms with Crippen molar-refractivity contribution in [3.05, 3.63) is 47.3 Å². The number of aromatic nitrogens is 3. The van der Waals surface area contributed by atoms with Crippen LogP contribution in [0.25, 0.3) is 0 Å². The van der Waals surface area contributed by atoms with Crippen molar-refractivity contribution in [1.29, 1.82) is 0 Å². The number of aliphatic carboxylic acids is 1. The predicted octanol–water partition coefficient (Wildman–Crippen LogP) is 1.19. The van der Waals surface area contributed by atoms with Crippen molar-refractivity contribution < 1.29 is 14.7 Å². The van der Waals surface area contributed by atoms with Crippen LogP contribution < -0.4 is 0 Å². The summed E-state index contributed by atoms with van der Waals surface area (Å²) >= 11 is 0. The van der Waals surface area contributed by atoms with E-state index in [2.05, 4.69) is 10.3 Å². The first-order valence-electron chi connectivity index (χ1n) is 8.11. The van der Waals surface area contributed by atoms with Crippen molar-refractivity contribution in [2.45, 2.75) is 44.3 Å². The highest BCUT2D eigenvalue weighted by atomic mass is 16.4. The van der Waals surface area contributed by atoms with Crippen molar-refractivity contribution in [1.82, 2.24) is 19.9 Å². The first-order chi connectivity index (χ1) is 11.6. The van der Waals surface area contributed by atoms with E-state index in [1.807, 2.05) is 24.3 Å². The lowest BCUT2D eigenvalue weighted by atomic mass is 9.94. The van der Waals surface area contributed by atoms with Gasteiger partial charge in [-0.3, -0.25) is 4.79 Å². The van der Waals surface area contributed by atoms with Crippen LogP contribution in [-0.4, -0.2) is 42.9 Å². The second-order valence-corrected chi connectivity index (χ2v) is 6.46. The Morgan fingerprint density at radius 1 is 1.21 bits per heavy atom. The summed E-state index contributed by atoms with van der Waals surface area (Å²) < 4.78 is 1.51. The number of carboxylic acid groups (broad SMARTS) is 1. The second-order valence-electron chi connectivity index (χ2n) is 6.46. The van der Waals surface area contributed by atoms with Crippen LogP contribution in [0.5, 0.6) is 0 Å². The zero-order valence-corrected chi connectivity index (χ0v) is 13.1. The van der Waals surface area contributed by atoms with Crippen LogP contribution in [-0.2, 0) is 29.1 Å². The number of amides is 1. The number of fused-ring (bicyclic) bond motifs is 1. The molecule has 0 bridgehead atoms. The Labute approximate surface area is 138 Å². The summed E-state index contributed by atoms with van der Waals surface area (Å²) in [5.74, 6) is -0.748. The maximum Gasteiger partial charge on any atom is 0.326 e. The van der Waals surface area contributed by atoms with Crippen molar-refractivity contribution >= 4 is 11.9 Å². The van der Waals surface area contributed by atoms with Crippen LogP contribution in [0.15, 0.2) is 30.5 Å². The van der Waals surface area contributed by atoms with E-state index < -0.39 is 12.0 Å².